The Bertz CT molecular complexity index is 460. The predicted molar refractivity (Wildman–Crippen MR) is 86.1 cm³/mol. The minimum atomic E-state index is 0.0380. The van der Waals surface area contributed by atoms with E-state index in [0.29, 0.717) is 6.42 Å². The van der Waals surface area contributed by atoms with Crippen molar-refractivity contribution >= 4 is 11.6 Å². The average Bonchev–Trinajstić information content (AvgIpc) is 2.53. The molecule has 21 heavy (non-hydrogen) atoms. The van der Waals surface area contributed by atoms with Crippen LogP contribution in [0.15, 0.2) is 35.4 Å². The number of benzene rings is 1. The summed E-state index contributed by atoms with van der Waals surface area (Å²) in [5.74, 6) is 0.0380. The monoisotopic (exact) mass is 287 g/mol. The number of carbonyl (C=O) groups excluding carboxylic acids is 1. The van der Waals surface area contributed by atoms with Gasteiger partial charge in [0.2, 0.25) is 5.91 Å². The number of hydrazone groups is 1. The van der Waals surface area contributed by atoms with Crippen LogP contribution < -0.4 is 5.43 Å². The zero-order valence-electron chi connectivity index (χ0n) is 12.8. The summed E-state index contributed by atoms with van der Waals surface area (Å²) in [7, 11) is 0. The maximum Gasteiger partial charge on any atom is 0.240 e. The molecule has 0 aromatic heterocycles. The van der Waals surface area contributed by atoms with Gasteiger partial charge < -0.3 is 0 Å². The summed E-state index contributed by atoms with van der Waals surface area (Å²) in [6.07, 6.45) is 4.44. The largest absolute Gasteiger partial charge is 0.298 e. The van der Waals surface area contributed by atoms with E-state index in [1.54, 1.807) is 0 Å². The van der Waals surface area contributed by atoms with Crippen LogP contribution in [0.1, 0.15) is 44.6 Å². The van der Waals surface area contributed by atoms with Gasteiger partial charge in [-0.2, -0.15) is 5.10 Å². The maximum absolute atomic E-state index is 11.5. The molecule has 4 nitrogen and oxygen atoms in total. The van der Waals surface area contributed by atoms with Gasteiger partial charge in [0, 0.05) is 44.6 Å². The van der Waals surface area contributed by atoms with Crippen LogP contribution in [-0.2, 0) is 11.3 Å². The molecule has 0 atom stereocenters. The molecule has 0 unspecified atom stereocenters. The minimum absolute atomic E-state index is 0.0380. The van der Waals surface area contributed by atoms with Crippen LogP contribution in [0.25, 0.3) is 0 Å². The first-order valence-electron chi connectivity index (χ1n) is 7.88. The molecule has 2 rings (SSSR count). The molecule has 1 fully saturated rings. The smallest absolute Gasteiger partial charge is 0.240 e. The highest BCUT2D eigenvalue weighted by atomic mass is 16.2. The van der Waals surface area contributed by atoms with Crippen molar-refractivity contribution < 1.29 is 4.79 Å². The van der Waals surface area contributed by atoms with Gasteiger partial charge in [-0.3, -0.25) is 9.69 Å². The molecule has 4 heteroatoms. The van der Waals surface area contributed by atoms with Crippen molar-refractivity contribution in [2.75, 3.05) is 13.1 Å². The van der Waals surface area contributed by atoms with E-state index in [0.717, 1.165) is 51.0 Å². The van der Waals surface area contributed by atoms with Gasteiger partial charge in [-0.1, -0.05) is 43.7 Å². The topological polar surface area (TPSA) is 44.7 Å². The van der Waals surface area contributed by atoms with Gasteiger partial charge in [0.05, 0.1) is 0 Å². The van der Waals surface area contributed by atoms with Crippen molar-refractivity contribution in [1.29, 1.82) is 0 Å². The number of likely N-dealkylation sites (tertiary alicyclic amines) is 1. The van der Waals surface area contributed by atoms with Crippen molar-refractivity contribution in [2.24, 2.45) is 5.10 Å². The number of hydrogen-bond acceptors (Lipinski definition) is 3. The number of nitrogens with one attached hydrogen (secondary N) is 1. The molecule has 1 aromatic rings. The van der Waals surface area contributed by atoms with Crippen molar-refractivity contribution in [3.8, 4) is 0 Å². The van der Waals surface area contributed by atoms with Gasteiger partial charge in [-0.15, -0.1) is 0 Å². The summed E-state index contributed by atoms with van der Waals surface area (Å²) in [5.41, 5.74) is 5.15. The van der Waals surface area contributed by atoms with Crippen LogP contribution in [0, 0.1) is 0 Å². The van der Waals surface area contributed by atoms with Crippen molar-refractivity contribution in [3.05, 3.63) is 35.9 Å². The third kappa shape index (κ3) is 5.68. The van der Waals surface area contributed by atoms with Crippen molar-refractivity contribution in [3.63, 3.8) is 0 Å². The zero-order valence-corrected chi connectivity index (χ0v) is 12.8. The van der Waals surface area contributed by atoms with Gasteiger partial charge in [0.15, 0.2) is 0 Å². The van der Waals surface area contributed by atoms with Gasteiger partial charge in [-0.05, 0) is 12.0 Å². The molecule has 0 saturated carbocycles. The Morgan fingerprint density at radius 1 is 1.24 bits per heavy atom. The lowest BCUT2D eigenvalue weighted by atomic mass is 10.1. The molecular weight excluding hydrogens is 262 g/mol. The molecule has 1 aliphatic heterocycles. The van der Waals surface area contributed by atoms with Gasteiger partial charge in [0.1, 0.15) is 0 Å². The average molecular weight is 287 g/mol. The highest BCUT2D eigenvalue weighted by Gasteiger charge is 2.15. The second-order valence-electron chi connectivity index (χ2n) is 5.58. The van der Waals surface area contributed by atoms with Crippen LogP contribution >= 0.6 is 0 Å². The summed E-state index contributed by atoms with van der Waals surface area (Å²) >= 11 is 0. The lowest BCUT2D eigenvalue weighted by molar-refractivity contribution is -0.121. The Kier molecular flexibility index (Phi) is 6.41. The highest BCUT2D eigenvalue weighted by molar-refractivity contribution is 5.87. The first-order valence-corrected chi connectivity index (χ1v) is 7.88. The number of carbonyl (C=O) groups is 1. The molecule has 0 aliphatic carbocycles. The second kappa shape index (κ2) is 8.57. The van der Waals surface area contributed by atoms with Crippen LogP contribution in [0.3, 0.4) is 0 Å². The number of hydrogen-bond donors (Lipinski definition) is 1. The van der Waals surface area contributed by atoms with E-state index in [1.165, 1.54) is 5.56 Å². The molecule has 114 valence electrons. The van der Waals surface area contributed by atoms with Crippen molar-refractivity contribution in [2.45, 2.75) is 45.6 Å². The molecule has 0 bridgehead atoms. The van der Waals surface area contributed by atoms with E-state index in [4.69, 9.17) is 0 Å². The second-order valence-corrected chi connectivity index (χ2v) is 5.58. The lowest BCUT2D eigenvalue weighted by Crippen LogP contribution is -2.34. The van der Waals surface area contributed by atoms with Crippen LogP contribution in [-0.4, -0.2) is 29.6 Å². The first-order chi connectivity index (χ1) is 10.3. The van der Waals surface area contributed by atoms with Gasteiger partial charge in [-0.25, -0.2) is 5.43 Å². The van der Waals surface area contributed by atoms with Gasteiger partial charge in [0.25, 0.3) is 0 Å². The maximum atomic E-state index is 11.5. The standard InChI is InChI=1S/C17H25N3O/c1-2-3-9-17(21)19-18-16-10-12-20(13-11-16)14-15-7-5-4-6-8-15/h4-8H,2-3,9-14H2,1H3,(H,19,21). The summed E-state index contributed by atoms with van der Waals surface area (Å²) in [6.45, 7) is 5.11. The molecule has 0 radical (unpaired) electrons. The predicted octanol–water partition coefficient (Wildman–Crippen LogP) is 2.94. The summed E-state index contributed by atoms with van der Waals surface area (Å²) in [6, 6.07) is 10.5. The van der Waals surface area contributed by atoms with E-state index in [1.807, 2.05) is 6.07 Å². The summed E-state index contributed by atoms with van der Waals surface area (Å²) < 4.78 is 0. The fraction of sp³-hybridized carbons (Fsp3) is 0.529. The Labute approximate surface area is 127 Å². The Morgan fingerprint density at radius 3 is 2.62 bits per heavy atom. The highest BCUT2D eigenvalue weighted by Crippen LogP contribution is 2.11. The number of amides is 1. The Balaban J connectivity index is 1.71. The molecule has 1 aromatic carbocycles. The molecule has 1 N–H and O–H groups in total. The fourth-order valence-electron chi connectivity index (χ4n) is 2.46. The quantitative estimate of drug-likeness (QED) is 0.818. The van der Waals surface area contributed by atoms with E-state index in [-0.39, 0.29) is 5.91 Å². The molecule has 1 saturated heterocycles. The fourth-order valence-corrected chi connectivity index (χ4v) is 2.46. The molecule has 1 amide bonds. The van der Waals surface area contributed by atoms with E-state index in [2.05, 4.69) is 46.6 Å². The SMILES string of the molecule is CCCCC(=O)NN=C1CCN(Cc2ccccc2)CC1. The van der Waals surface area contributed by atoms with E-state index in [9.17, 15) is 4.79 Å². The number of rotatable bonds is 6. The lowest BCUT2D eigenvalue weighted by Gasteiger charge is -2.27. The summed E-state index contributed by atoms with van der Waals surface area (Å²) in [5, 5.41) is 4.27. The number of unbranched alkanes of at least 4 members (excludes halogenated alkanes) is 1. The third-order valence-corrected chi connectivity index (χ3v) is 3.78. The molecule has 1 heterocycles. The van der Waals surface area contributed by atoms with Gasteiger partial charge >= 0.3 is 0 Å². The molecule has 1 aliphatic rings. The van der Waals surface area contributed by atoms with Crippen LogP contribution in [0.4, 0.5) is 0 Å². The normalized spacial score (nSPS) is 15.8. The van der Waals surface area contributed by atoms with Crippen LogP contribution in [0.2, 0.25) is 0 Å². The number of nitrogens with zero attached hydrogens (tertiary/aromatic N) is 2. The van der Waals surface area contributed by atoms with Crippen molar-refractivity contribution in [1.82, 2.24) is 10.3 Å². The van der Waals surface area contributed by atoms with Crippen LogP contribution in [0.5, 0.6) is 0 Å². The summed E-state index contributed by atoms with van der Waals surface area (Å²) in [4.78, 5) is 14.0. The Morgan fingerprint density at radius 2 is 1.95 bits per heavy atom. The Hall–Kier alpha value is -1.68. The molecular formula is C17H25N3O. The zero-order chi connectivity index (χ0) is 14.9. The number of piperidine rings is 1. The van der Waals surface area contributed by atoms with E-state index >= 15 is 0 Å². The minimum Gasteiger partial charge on any atom is -0.298 e. The third-order valence-electron chi connectivity index (χ3n) is 3.78. The molecule has 0 spiro atoms. The van der Waals surface area contributed by atoms with E-state index < -0.39 is 0 Å². The first kappa shape index (κ1) is 15.7.